The monoisotopic (exact) mass is 435 g/mol. The van der Waals surface area contributed by atoms with Gasteiger partial charge in [0.15, 0.2) is 0 Å². The van der Waals surface area contributed by atoms with Gasteiger partial charge in [0.2, 0.25) is 5.82 Å². The fourth-order valence-electron chi connectivity index (χ4n) is 4.21. The van der Waals surface area contributed by atoms with Gasteiger partial charge in [0.1, 0.15) is 11.5 Å². The maximum Gasteiger partial charge on any atom is 0.289 e. The Bertz CT molecular complexity index is 1410. The van der Waals surface area contributed by atoms with Crippen molar-refractivity contribution < 1.29 is 4.79 Å². The molecule has 164 valence electrons. The lowest BCUT2D eigenvalue weighted by Gasteiger charge is -2.09. The number of anilines is 1. The summed E-state index contributed by atoms with van der Waals surface area (Å²) in [7, 11) is 0. The second-order valence-corrected chi connectivity index (χ2v) is 8.03. The lowest BCUT2D eigenvalue weighted by molar-refractivity contribution is 0.0944. The summed E-state index contributed by atoms with van der Waals surface area (Å²) in [5, 5.41) is 4.71. The van der Waals surface area contributed by atoms with E-state index in [0.717, 1.165) is 41.2 Å². The lowest BCUT2D eigenvalue weighted by Crippen LogP contribution is -2.28. The van der Waals surface area contributed by atoms with Gasteiger partial charge >= 0.3 is 0 Å². The second kappa shape index (κ2) is 9.12. The van der Waals surface area contributed by atoms with Gasteiger partial charge in [0.25, 0.3) is 5.91 Å². The van der Waals surface area contributed by atoms with Crippen LogP contribution in [0.2, 0.25) is 0 Å². The topological polar surface area (TPSA) is 85.8 Å². The van der Waals surface area contributed by atoms with Crippen LogP contribution in [0, 0.1) is 0 Å². The Morgan fingerprint density at radius 3 is 2.18 bits per heavy atom. The predicted octanol–water partition coefficient (Wildman–Crippen LogP) is 4.38. The van der Waals surface area contributed by atoms with Crippen molar-refractivity contribution >= 4 is 33.7 Å². The fourth-order valence-corrected chi connectivity index (χ4v) is 4.21. The van der Waals surface area contributed by atoms with E-state index in [0.29, 0.717) is 18.0 Å². The molecule has 0 aliphatic heterocycles. The van der Waals surface area contributed by atoms with Gasteiger partial charge in [-0.3, -0.25) is 4.79 Å². The first kappa shape index (κ1) is 20.7. The minimum atomic E-state index is -0.320. The molecule has 6 heteroatoms. The van der Waals surface area contributed by atoms with Crippen LogP contribution in [0.5, 0.6) is 0 Å². The van der Waals surface area contributed by atoms with Crippen molar-refractivity contribution in [2.75, 3.05) is 12.3 Å². The molecule has 0 unspecified atom stereocenters. The summed E-state index contributed by atoms with van der Waals surface area (Å²) in [6.45, 7) is 1.22. The number of nitrogen functional groups attached to an aromatic ring is 1. The van der Waals surface area contributed by atoms with Gasteiger partial charge in [0, 0.05) is 18.5 Å². The molecular formula is C27H25N5O. The Balaban J connectivity index is 1.46. The number of para-hydroxylation sites is 1. The van der Waals surface area contributed by atoms with E-state index in [2.05, 4.69) is 38.1 Å². The molecule has 1 amide bonds. The zero-order chi connectivity index (χ0) is 22.6. The third kappa shape index (κ3) is 4.28. The minimum Gasteiger partial charge on any atom is -0.383 e. The van der Waals surface area contributed by atoms with Gasteiger partial charge in [0.05, 0.1) is 10.9 Å². The van der Waals surface area contributed by atoms with Crippen LogP contribution in [0.3, 0.4) is 0 Å². The summed E-state index contributed by atoms with van der Waals surface area (Å²) in [5.74, 6) is 0.0964. The fraction of sp³-hybridized carbons (Fsp3) is 0.148. The van der Waals surface area contributed by atoms with E-state index in [1.807, 2.05) is 66.7 Å². The predicted molar refractivity (Wildman–Crippen MR) is 132 cm³/mol. The molecule has 5 rings (SSSR count). The van der Waals surface area contributed by atoms with Crippen molar-refractivity contribution in [3.8, 4) is 0 Å². The maximum absolute atomic E-state index is 12.8. The number of aromatic nitrogens is 3. The van der Waals surface area contributed by atoms with E-state index < -0.39 is 0 Å². The molecule has 0 spiro atoms. The SMILES string of the molecule is Nc1nc(C(=O)NCCc2ccccc2)nc2c1c1ccccc1n2CCc1ccccc1. The smallest absolute Gasteiger partial charge is 0.289 e. The highest BCUT2D eigenvalue weighted by molar-refractivity contribution is 6.12. The third-order valence-corrected chi connectivity index (χ3v) is 5.85. The molecule has 0 atom stereocenters. The number of nitrogens with one attached hydrogen (secondary N) is 1. The van der Waals surface area contributed by atoms with Crippen molar-refractivity contribution in [3.05, 3.63) is 102 Å². The van der Waals surface area contributed by atoms with Crippen LogP contribution in [0.4, 0.5) is 5.82 Å². The van der Waals surface area contributed by atoms with Crippen molar-refractivity contribution in [1.29, 1.82) is 0 Å². The lowest BCUT2D eigenvalue weighted by atomic mass is 10.1. The van der Waals surface area contributed by atoms with Gasteiger partial charge in [-0.05, 0) is 30.0 Å². The molecule has 0 saturated heterocycles. The number of fused-ring (bicyclic) bond motifs is 3. The maximum atomic E-state index is 12.8. The Kier molecular flexibility index (Phi) is 5.72. The number of hydrogen-bond acceptors (Lipinski definition) is 4. The number of nitrogens with two attached hydrogens (primary N) is 1. The first-order valence-corrected chi connectivity index (χ1v) is 11.1. The average molecular weight is 436 g/mol. The standard InChI is InChI=1S/C27H25N5O/c28-24-23-21-13-7-8-14-22(21)32(18-16-20-11-5-2-6-12-20)26(23)31-25(30-24)27(33)29-17-15-19-9-3-1-4-10-19/h1-14H,15-18H2,(H,29,33)(H2,28,30,31). The average Bonchev–Trinajstić information content (AvgIpc) is 3.18. The molecule has 6 nitrogen and oxygen atoms in total. The molecule has 0 bridgehead atoms. The van der Waals surface area contributed by atoms with Crippen molar-refractivity contribution in [3.63, 3.8) is 0 Å². The summed E-state index contributed by atoms with van der Waals surface area (Å²) in [6.07, 6.45) is 1.58. The third-order valence-electron chi connectivity index (χ3n) is 5.85. The largest absolute Gasteiger partial charge is 0.383 e. The molecule has 3 N–H and O–H groups in total. The van der Waals surface area contributed by atoms with Gasteiger partial charge in [-0.1, -0.05) is 78.9 Å². The molecule has 0 radical (unpaired) electrons. The number of benzene rings is 3. The number of rotatable bonds is 7. The van der Waals surface area contributed by atoms with Gasteiger partial charge in [-0.2, -0.15) is 0 Å². The summed E-state index contributed by atoms with van der Waals surface area (Å²) >= 11 is 0. The summed E-state index contributed by atoms with van der Waals surface area (Å²) < 4.78 is 2.14. The van der Waals surface area contributed by atoms with Crippen LogP contribution in [-0.4, -0.2) is 27.0 Å². The van der Waals surface area contributed by atoms with E-state index in [1.54, 1.807) is 0 Å². The molecule has 2 aromatic heterocycles. The normalized spacial score (nSPS) is 11.2. The number of amides is 1. The number of aryl methyl sites for hydroxylation is 2. The van der Waals surface area contributed by atoms with Crippen molar-refractivity contribution in [2.24, 2.45) is 0 Å². The second-order valence-electron chi connectivity index (χ2n) is 8.03. The van der Waals surface area contributed by atoms with E-state index in [4.69, 9.17) is 5.73 Å². The minimum absolute atomic E-state index is 0.0943. The summed E-state index contributed by atoms with van der Waals surface area (Å²) in [5.41, 5.74) is 10.5. The quantitative estimate of drug-likeness (QED) is 0.397. The number of nitrogens with zero attached hydrogens (tertiary/aromatic N) is 3. The highest BCUT2D eigenvalue weighted by Crippen LogP contribution is 2.31. The molecule has 0 aliphatic carbocycles. The molecule has 0 fully saturated rings. The molecule has 2 heterocycles. The first-order valence-electron chi connectivity index (χ1n) is 11.1. The van der Waals surface area contributed by atoms with E-state index in [1.165, 1.54) is 5.56 Å². The molecule has 0 aliphatic rings. The van der Waals surface area contributed by atoms with Crippen LogP contribution in [-0.2, 0) is 19.4 Å². The molecule has 5 aromatic rings. The highest BCUT2D eigenvalue weighted by atomic mass is 16.2. The van der Waals surface area contributed by atoms with Crippen molar-refractivity contribution in [2.45, 2.75) is 19.4 Å². The number of carbonyl (C=O) groups is 1. The summed E-state index contributed by atoms with van der Waals surface area (Å²) in [6, 6.07) is 28.4. The molecule has 0 saturated carbocycles. The van der Waals surface area contributed by atoms with E-state index in [-0.39, 0.29) is 11.7 Å². The van der Waals surface area contributed by atoms with Crippen LogP contribution in [0.15, 0.2) is 84.9 Å². The highest BCUT2D eigenvalue weighted by Gasteiger charge is 2.19. The Morgan fingerprint density at radius 1 is 0.818 bits per heavy atom. The number of hydrogen-bond donors (Lipinski definition) is 2. The molecular weight excluding hydrogens is 410 g/mol. The summed E-state index contributed by atoms with van der Waals surface area (Å²) in [4.78, 5) is 21.9. The zero-order valence-electron chi connectivity index (χ0n) is 18.2. The van der Waals surface area contributed by atoms with Gasteiger partial charge < -0.3 is 15.6 Å². The van der Waals surface area contributed by atoms with Crippen LogP contribution in [0.1, 0.15) is 21.7 Å². The van der Waals surface area contributed by atoms with Gasteiger partial charge in [-0.15, -0.1) is 0 Å². The molecule has 3 aromatic carbocycles. The van der Waals surface area contributed by atoms with E-state index in [9.17, 15) is 4.79 Å². The number of carbonyl (C=O) groups excluding carboxylic acids is 1. The Labute approximate surface area is 192 Å². The Morgan fingerprint density at radius 2 is 1.45 bits per heavy atom. The molecule has 33 heavy (non-hydrogen) atoms. The van der Waals surface area contributed by atoms with Crippen LogP contribution < -0.4 is 11.1 Å². The van der Waals surface area contributed by atoms with E-state index >= 15 is 0 Å². The van der Waals surface area contributed by atoms with Crippen LogP contribution in [0.25, 0.3) is 21.9 Å². The Hall–Kier alpha value is -4.19. The first-order chi connectivity index (χ1) is 16.2. The van der Waals surface area contributed by atoms with Crippen LogP contribution >= 0.6 is 0 Å². The zero-order valence-corrected chi connectivity index (χ0v) is 18.2. The van der Waals surface area contributed by atoms with Crippen molar-refractivity contribution in [1.82, 2.24) is 19.9 Å². The van der Waals surface area contributed by atoms with Gasteiger partial charge in [-0.25, -0.2) is 9.97 Å².